The van der Waals surface area contributed by atoms with Crippen molar-refractivity contribution in [3.05, 3.63) is 68.5 Å². The Morgan fingerprint density at radius 1 is 1.10 bits per heavy atom. The van der Waals surface area contributed by atoms with Crippen molar-refractivity contribution >= 4 is 23.0 Å². The molecule has 0 spiro atoms. The van der Waals surface area contributed by atoms with E-state index in [1.807, 2.05) is 0 Å². The molecule has 0 saturated carbocycles. The number of amides is 1. The Bertz CT molecular complexity index is 717. The van der Waals surface area contributed by atoms with E-state index >= 15 is 0 Å². The first-order chi connectivity index (χ1) is 9.99. The number of non-ortho nitro benzene ring substituents is 1. The molecule has 0 saturated heterocycles. The van der Waals surface area contributed by atoms with Gasteiger partial charge in [0.25, 0.3) is 17.3 Å². The summed E-state index contributed by atoms with van der Waals surface area (Å²) in [5.41, 5.74) is -1.06. The van der Waals surface area contributed by atoms with E-state index < -0.39 is 27.1 Å². The predicted molar refractivity (Wildman–Crippen MR) is 71.9 cm³/mol. The van der Waals surface area contributed by atoms with Gasteiger partial charge in [-0.25, -0.2) is 0 Å². The van der Waals surface area contributed by atoms with Gasteiger partial charge in [0.05, 0.1) is 15.9 Å². The number of nitrogens with one attached hydrogen (secondary N) is 1. The number of pyridine rings is 1. The minimum Gasteiger partial charge on any atom is -0.315 e. The molecule has 1 heterocycles. The van der Waals surface area contributed by atoms with E-state index in [-0.39, 0.29) is 11.4 Å². The van der Waals surface area contributed by atoms with E-state index in [1.54, 1.807) is 12.1 Å². The summed E-state index contributed by atoms with van der Waals surface area (Å²) in [4.78, 5) is 35.7. The maximum absolute atomic E-state index is 11.9. The predicted octanol–water partition coefficient (Wildman–Crippen LogP) is 2.15. The van der Waals surface area contributed by atoms with Gasteiger partial charge in [0.15, 0.2) is 0 Å². The molecule has 21 heavy (non-hydrogen) atoms. The Hall–Kier alpha value is -3.36. The maximum Gasteiger partial charge on any atom is 0.299 e. The molecule has 106 valence electrons. The molecular weight excluding hydrogens is 280 g/mol. The summed E-state index contributed by atoms with van der Waals surface area (Å²) in [7, 11) is 0. The Kier molecular flexibility index (Phi) is 3.84. The normalized spacial score (nSPS) is 9.90. The van der Waals surface area contributed by atoms with E-state index in [0.29, 0.717) is 0 Å². The van der Waals surface area contributed by atoms with Crippen LogP contribution in [0.1, 0.15) is 10.5 Å². The molecule has 1 amide bonds. The van der Waals surface area contributed by atoms with Gasteiger partial charge in [0.2, 0.25) is 0 Å². The average molecular weight is 288 g/mol. The van der Waals surface area contributed by atoms with Gasteiger partial charge in [-0.2, -0.15) is 0 Å². The highest BCUT2D eigenvalue weighted by Crippen LogP contribution is 2.29. The number of nitro groups is 2. The number of benzene rings is 1. The SMILES string of the molecule is O=C(Nc1ccc([N+](=O)[O-])cc1[N+](=O)[O-])c1ccccn1. The lowest BCUT2D eigenvalue weighted by Gasteiger charge is -2.05. The van der Waals surface area contributed by atoms with E-state index in [0.717, 1.165) is 18.2 Å². The maximum atomic E-state index is 11.9. The quantitative estimate of drug-likeness (QED) is 0.677. The summed E-state index contributed by atoms with van der Waals surface area (Å²) >= 11 is 0. The first-order valence-electron chi connectivity index (χ1n) is 5.64. The third-order valence-electron chi connectivity index (χ3n) is 2.53. The molecule has 2 aromatic rings. The standard InChI is InChI=1S/C12H8N4O5/c17-12(10-3-1-2-6-13-10)14-9-5-4-8(15(18)19)7-11(9)16(20)21/h1-7H,(H,14,17). The van der Waals surface area contributed by atoms with Crippen LogP contribution in [0.25, 0.3) is 0 Å². The van der Waals surface area contributed by atoms with Crippen LogP contribution in [0.3, 0.4) is 0 Å². The summed E-state index contributed by atoms with van der Waals surface area (Å²) in [5, 5.41) is 23.9. The zero-order valence-corrected chi connectivity index (χ0v) is 10.4. The third-order valence-corrected chi connectivity index (χ3v) is 2.53. The molecule has 0 radical (unpaired) electrons. The molecule has 1 N–H and O–H groups in total. The molecule has 9 heteroatoms. The molecule has 1 aromatic carbocycles. The van der Waals surface area contributed by atoms with Gasteiger partial charge in [-0.3, -0.25) is 30.0 Å². The van der Waals surface area contributed by atoms with Crippen molar-refractivity contribution in [1.29, 1.82) is 0 Å². The van der Waals surface area contributed by atoms with Gasteiger partial charge in [0.1, 0.15) is 11.4 Å². The topological polar surface area (TPSA) is 128 Å². The number of hydrogen-bond acceptors (Lipinski definition) is 6. The van der Waals surface area contributed by atoms with Crippen LogP contribution in [-0.4, -0.2) is 20.7 Å². The van der Waals surface area contributed by atoms with Crippen LogP contribution < -0.4 is 5.32 Å². The Balaban J connectivity index is 2.34. The van der Waals surface area contributed by atoms with Crippen molar-refractivity contribution in [3.63, 3.8) is 0 Å². The smallest absolute Gasteiger partial charge is 0.299 e. The Morgan fingerprint density at radius 2 is 1.86 bits per heavy atom. The van der Waals surface area contributed by atoms with Crippen LogP contribution in [0, 0.1) is 20.2 Å². The molecule has 9 nitrogen and oxygen atoms in total. The third kappa shape index (κ3) is 3.15. The van der Waals surface area contributed by atoms with Gasteiger partial charge in [0, 0.05) is 12.3 Å². The largest absolute Gasteiger partial charge is 0.315 e. The lowest BCUT2D eigenvalue weighted by molar-refractivity contribution is -0.393. The minimum absolute atomic E-state index is 0.0742. The number of nitro benzene ring substituents is 2. The van der Waals surface area contributed by atoms with Gasteiger partial charge in [-0.05, 0) is 18.2 Å². The van der Waals surface area contributed by atoms with Crippen molar-refractivity contribution in [2.24, 2.45) is 0 Å². The summed E-state index contributed by atoms with van der Waals surface area (Å²) in [5.74, 6) is -0.646. The molecule has 1 aromatic heterocycles. The van der Waals surface area contributed by atoms with E-state index in [1.165, 1.54) is 12.3 Å². The zero-order chi connectivity index (χ0) is 15.4. The summed E-state index contributed by atoms with van der Waals surface area (Å²) < 4.78 is 0. The molecule has 0 aliphatic carbocycles. The number of carbonyl (C=O) groups excluding carboxylic acids is 1. The first kappa shape index (κ1) is 14.1. The van der Waals surface area contributed by atoms with Crippen molar-refractivity contribution in [3.8, 4) is 0 Å². The molecule has 2 rings (SSSR count). The van der Waals surface area contributed by atoms with Crippen molar-refractivity contribution in [2.45, 2.75) is 0 Å². The molecule has 0 aliphatic rings. The lowest BCUT2D eigenvalue weighted by atomic mass is 10.2. The first-order valence-corrected chi connectivity index (χ1v) is 5.64. The molecule has 0 atom stereocenters. The fourth-order valence-corrected chi connectivity index (χ4v) is 1.57. The van der Waals surface area contributed by atoms with Gasteiger partial charge in [-0.1, -0.05) is 6.07 Å². The molecule has 0 fully saturated rings. The second-order valence-electron chi connectivity index (χ2n) is 3.88. The minimum atomic E-state index is -0.805. The monoisotopic (exact) mass is 288 g/mol. The van der Waals surface area contributed by atoms with Crippen molar-refractivity contribution in [2.75, 3.05) is 5.32 Å². The van der Waals surface area contributed by atoms with Gasteiger partial charge in [-0.15, -0.1) is 0 Å². The number of aromatic nitrogens is 1. The average Bonchev–Trinajstić information content (AvgIpc) is 2.48. The van der Waals surface area contributed by atoms with Crippen molar-refractivity contribution < 1.29 is 14.6 Å². The van der Waals surface area contributed by atoms with Crippen LogP contribution in [0.5, 0.6) is 0 Å². The molecule has 0 bridgehead atoms. The Labute approximate surface area is 117 Å². The van der Waals surface area contributed by atoms with E-state index in [9.17, 15) is 25.0 Å². The highest BCUT2D eigenvalue weighted by molar-refractivity contribution is 6.04. The number of carbonyl (C=O) groups is 1. The zero-order valence-electron chi connectivity index (χ0n) is 10.4. The highest BCUT2D eigenvalue weighted by atomic mass is 16.6. The van der Waals surface area contributed by atoms with E-state index in [2.05, 4.69) is 10.3 Å². The summed E-state index contributed by atoms with van der Waals surface area (Å²) in [6.45, 7) is 0. The van der Waals surface area contributed by atoms with Gasteiger partial charge < -0.3 is 5.32 Å². The van der Waals surface area contributed by atoms with Crippen LogP contribution in [0.4, 0.5) is 17.1 Å². The van der Waals surface area contributed by atoms with Gasteiger partial charge >= 0.3 is 0 Å². The molecule has 0 aliphatic heterocycles. The Morgan fingerprint density at radius 3 is 2.43 bits per heavy atom. The number of hydrogen-bond donors (Lipinski definition) is 1. The highest BCUT2D eigenvalue weighted by Gasteiger charge is 2.21. The number of anilines is 1. The van der Waals surface area contributed by atoms with Crippen LogP contribution in [-0.2, 0) is 0 Å². The number of nitrogens with zero attached hydrogens (tertiary/aromatic N) is 3. The van der Waals surface area contributed by atoms with Crippen LogP contribution in [0.2, 0.25) is 0 Å². The fourth-order valence-electron chi connectivity index (χ4n) is 1.57. The van der Waals surface area contributed by atoms with Crippen LogP contribution in [0.15, 0.2) is 42.6 Å². The number of rotatable bonds is 4. The second kappa shape index (κ2) is 5.74. The fraction of sp³-hybridized carbons (Fsp3) is 0. The van der Waals surface area contributed by atoms with Crippen LogP contribution >= 0.6 is 0 Å². The lowest BCUT2D eigenvalue weighted by Crippen LogP contribution is -2.14. The van der Waals surface area contributed by atoms with Crippen molar-refractivity contribution in [1.82, 2.24) is 4.98 Å². The second-order valence-corrected chi connectivity index (χ2v) is 3.88. The summed E-state index contributed by atoms with van der Waals surface area (Å²) in [6, 6.07) is 7.61. The molecular formula is C12H8N4O5. The molecule has 0 unspecified atom stereocenters. The summed E-state index contributed by atoms with van der Waals surface area (Å²) in [6.07, 6.45) is 1.40. The van der Waals surface area contributed by atoms with E-state index in [4.69, 9.17) is 0 Å².